The Morgan fingerprint density at radius 2 is 2.25 bits per heavy atom. The third-order valence-electron chi connectivity index (χ3n) is 3.35. The Morgan fingerprint density at radius 1 is 1.38 bits per heavy atom. The van der Waals surface area contributed by atoms with E-state index in [1.165, 1.54) is 0 Å². The lowest BCUT2D eigenvalue weighted by atomic mass is 9.87. The molecule has 0 N–H and O–H groups in total. The Labute approximate surface area is 94.9 Å². The zero-order valence-electron chi connectivity index (χ0n) is 9.32. The number of fused-ring (bicyclic) bond motifs is 2. The Kier molecular flexibility index (Phi) is 2.10. The van der Waals surface area contributed by atoms with Gasteiger partial charge in [0.2, 0.25) is 0 Å². The minimum atomic E-state index is -0.00477. The summed E-state index contributed by atoms with van der Waals surface area (Å²) in [5, 5.41) is 0. The molecule has 0 spiro atoms. The molecule has 1 heterocycles. The number of benzene rings is 1. The molecular weight excluding hydrogens is 200 g/mol. The van der Waals surface area contributed by atoms with Gasteiger partial charge in [-0.05, 0) is 31.4 Å². The molecule has 1 aromatic rings. The van der Waals surface area contributed by atoms with Crippen molar-refractivity contribution in [1.82, 2.24) is 0 Å². The first kappa shape index (κ1) is 9.64. The first-order valence-electron chi connectivity index (χ1n) is 5.77. The van der Waals surface area contributed by atoms with Crippen molar-refractivity contribution in [2.45, 2.75) is 32.3 Å². The Bertz CT molecular complexity index is 486. The van der Waals surface area contributed by atoms with Gasteiger partial charge in [0.25, 0.3) is 0 Å². The molecule has 1 aliphatic heterocycles. The molecule has 1 aliphatic carbocycles. The second-order valence-electron chi connectivity index (χ2n) is 4.51. The lowest BCUT2D eigenvalue weighted by Gasteiger charge is -2.30. The number of carbonyl (C=O) groups excluding carboxylic acids is 1. The van der Waals surface area contributed by atoms with Gasteiger partial charge >= 0.3 is 0 Å². The molecule has 1 atom stereocenters. The van der Waals surface area contributed by atoms with Crippen LogP contribution in [0.3, 0.4) is 0 Å². The summed E-state index contributed by atoms with van der Waals surface area (Å²) in [5.41, 5.74) is 3.05. The molecule has 82 valence electrons. The van der Waals surface area contributed by atoms with Crippen LogP contribution in [-0.4, -0.2) is 11.9 Å². The zero-order valence-corrected chi connectivity index (χ0v) is 9.32. The van der Waals surface area contributed by atoms with Crippen LogP contribution in [0, 0.1) is 6.92 Å². The van der Waals surface area contributed by atoms with Gasteiger partial charge in [0, 0.05) is 17.6 Å². The summed E-state index contributed by atoms with van der Waals surface area (Å²) in [4.78, 5) is 11.8. The fourth-order valence-electron chi connectivity index (χ4n) is 2.48. The quantitative estimate of drug-likeness (QED) is 0.663. The van der Waals surface area contributed by atoms with Crippen molar-refractivity contribution in [1.29, 1.82) is 0 Å². The van der Waals surface area contributed by atoms with Crippen molar-refractivity contribution in [2.75, 3.05) is 0 Å². The highest BCUT2D eigenvalue weighted by molar-refractivity contribution is 6.02. The van der Waals surface area contributed by atoms with Crippen LogP contribution in [0.1, 0.15) is 30.4 Å². The van der Waals surface area contributed by atoms with Crippen LogP contribution in [0.25, 0.3) is 6.08 Å². The van der Waals surface area contributed by atoms with E-state index in [1.807, 2.05) is 31.2 Å². The first-order chi connectivity index (χ1) is 7.75. The molecule has 0 amide bonds. The average molecular weight is 214 g/mol. The summed E-state index contributed by atoms with van der Waals surface area (Å²) in [6.45, 7) is 2.04. The lowest BCUT2D eigenvalue weighted by Crippen LogP contribution is -2.31. The molecule has 2 heteroatoms. The van der Waals surface area contributed by atoms with Gasteiger partial charge in [0.05, 0.1) is 0 Å². The molecule has 0 radical (unpaired) electrons. The zero-order chi connectivity index (χ0) is 11.1. The van der Waals surface area contributed by atoms with Crippen LogP contribution in [-0.2, 0) is 4.79 Å². The van der Waals surface area contributed by atoms with Gasteiger partial charge in [-0.25, -0.2) is 0 Å². The van der Waals surface area contributed by atoms with Gasteiger partial charge in [-0.3, -0.25) is 4.79 Å². The minimum Gasteiger partial charge on any atom is -0.485 e. The predicted molar refractivity (Wildman–Crippen MR) is 62.4 cm³/mol. The fraction of sp³-hybridized carbons (Fsp3) is 0.357. The molecule has 1 saturated carbocycles. The molecule has 2 nitrogen and oxygen atoms in total. The Balaban J connectivity index is 2.12. The maximum absolute atomic E-state index is 11.8. The van der Waals surface area contributed by atoms with Crippen molar-refractivity contribution in [3.05, 3.63) is 34.9 Å². The number of carbonyl (C=O) groups is 1. The molecule has 0 unspecified atom stereocenters. The molecule has 1 fully saturated rings. The monoisotopic (exact) mass is 214 g/mol. The van der Waals surface area contributed by atoms with E-state index in [1.54, 1.807) is 0 Å². The summed E-state index contributed by atoms with van der Waals surface area (Å²) in [6, 6.07) is 6.05. The first-order valence-corrected chi connectivity index (χ1v) is 5.77. The van der Waals surface area contributed by atoms with E-state index in [-0.39, 0.29) is 11.9 Å². The van der Waals surface area contributed by atoms with E-state index in [0.717, 1.165) is 35.3 Å². The summed E-state index contributed by atoms with van der Waals surface area (Å²) >= 11 is 0. The van der Waals surface area contributed by atoms with E-state index in [4.69, 9.17) is 4.74 Å². The van der Waals surface area contributed by atoms with E-state index in [2.05, 4.69) is 0 Å². The summed E-state index contributed by atoms with van der Waals surface area (Å²) in [7, 11) is 0. The van der Waals surface area contributed by atoms with Crippen molar-refractivity contribution in [2.24, 2.45) is 0 Å². The van der Waals surface area contributed by atoms with E-state index in [9.17, 15) is 4.79 Å². The van der Waals surface area contributed by atoms with Crippen molar-refractivity contribution in [3.8, 4) is 5.75 Å². The average Bonchev–Trinajstić information content (AvgIpc) is 2.29. The van der Waals surface area contributed by atoms with Crippen LogP contribution >= 0.6 is 0 Å². The molecule has 1 aromatic carbocycles. The standard InChI is InChI=1S/C14H14O2/c1-9-4-2-5-10-8-11-12(15)6-3-7-13(11)16-14(9)10/h2,4-5,8,13H,3,6-7H2,1H3/t13-/m1/s1. The van der Waals surface area contributed by atoms with Crippen molar-refractivity contribution >= 4 is 11.9 Å². The van der Waals surface area contributed by atoms with Crippen LogP contribution in [0.5, 0.6) is 5.75 Å². The highest BCUT2D eigenvalue weighted by Crippen LogP contribution is 2.36. The number of aryl methyl sites for hydroxylation is 1. The maximum Gasteiger partial charge on any atom is 0.162 e. The van der Waals surface area contributed by atoms with Crippen LogP contribution in [0.2, 0.25) is 0 Å². The van der Waals surface area contributed by atoms with Gasteiger partial charge in [-0.1, -0.05) is 18.2 Å². The number of ether oxygens (including phenoxy) is 1. The maximum atomic E-state index is 11.8. The van der Waals surface area contributed by atoms with Gasteiger partial charge < -0.3 is 4.74 Å². The largest absolute Gasteiger partial charge is 0.485 e. The number of ketones is 1. The third kappa shape index (κ3) is 1.37. The van der Waals surface area contributed by atoms with E-state index >= 15 is 0 Å². The highest BCUT2D eigenvalue weighted by atomic mass is 16.5. The molecule has 2 aliphatic rings. The van der Waals surface area contributed by atoms with E-state index < -0.39 is 0 Å². The Hall–Kier alpha value is -1.57. The van der Waals surface area contributed by atoms with Gasteiger partial charge in [0.15, 0.2) is 5.78 Å². The molecule has 3 rings (SSSR count). The number of para-hydroxylation sites is 1. The van der Waals surface area contributed by atoms with Gasteiger partial charge in [-0.2, -0.15) is 0 Å². The van der Waals surface area contributed by atoms with Crippen LogP contribution < -0.4 is 4.74 Å². The van der Waals surface area contributed by atoms with Crippen molar-refractivity contribution in [3.63, 3.8) is 0 Å². The number of hydrogen-bond donors (Lipinski definition) is 0. The number of Topliss-reactive ketones (excluding diaryl/α,β-unsaturated/α-hetero) is 1. The second kappa shape index (κ2) is 3.48. The summed E-state index contributed by atoms with van der Waals surface area (Å²) < 4.78 is 5.95. The third-order valence-corrected chi connectivity index (χ3v) is 3.35. The molecule has 16 heavy (non-hydrogen) atoms. The molecule has 0 aromatic heterocycles. The highest BCUT2D eigenvalue weighted by Gasteiger charge is 2.31. The summed E-state index contributed by atoms with van der Waals surface area (Å²) in [5.74, 6) is 1.20. The Morgan fingerprint density at radius 3 is 3.12 bits per heavy atom. The topological polar surface area (TPSA) is 26.3 Å². The molecular formula is C14H14O2. The van der Waals surface area contributed by atoms with Crippen LogP contribution in [0.15, 0.2) is 23.8 Å². The normalized spacial score (nSPS) is 22.9. The lowest BCUT2D eigenvalue weighted by molar-refractivity contribution is -0.117. The van der Waals surface area contributed by atoms with E-state index in [0.29, 0.717) is 6.42 Å². The predicted octanol–water partition coefficient (Wildman–Crippen LogP) is 2.89. The molecule has 0 bridgehead atoms. The smallest absolute Gasteiger partial charge is 0.162 e. The second-order valence-corrected chi connectivity index (χ2v) is 4.51. The number of rotatable bonds is 0. The van der Waals surface area contributed by atoms with Gasteiger partial charge in [0.1, 0.15) is 11.9 Å². The minimum absolute atomic E-state index is 0.00477. The molecule has 0 saturated heterocycles. The summed E-state index contributed by atoms with van der Waals surface area (Å²) in [6.07, 6.45) is 4.59. The SMILES string of the molecule is Cc1cccc2c1O[C@@H]1CCCC(=O)C1=C2. The van der Waals surface area contributed by atoms with Crippen molar-refractivity contribution < 1.29 is 9.53 Å². The van der Waals surface area contributed by atoms with Gasteiger partial charge in [-0.15, -0.1) is 0 Å². The van der Waals surface area contributed by atoms with Crippen LogP contribution in [0.4, 0.5) is 0 Å². The fourth-order valence-corrected chi connectivity index (χ4v) is 2.48. The number of hydrogen-bond acceptors (Lipinski definition) is 2.